The summed E-state index contributed by atoms with van der Waals surface area (Å²) in [5.41, 5.74) is 6.84. The molecule has 1 heterocycles. The van der Waals surface area contributed by atoms with Gasteiger partial charge < -0.3 is 0 Å². The molecule has 5 aromatic rings. The van der Waals surface area contributed by atoms with Gasteiger partial charge in [0.25, 0.3) is 0 Å². The van der Waals surface area contributed by atoms with E-state index in [2.05, 4.69) is 73.8 Å². The van der Waals surface area contributed by atoms with E-state index in [-0.39, 0.29) is 11.6 Å². The molecule has 0 aromatic heterocycles. The first-order chi connectivity index (χ1) is 16.9. The van der Waals surface area contributed by atoms with Crippen molar-refractivity contribution in [3.8, 4) is 22.3 Å². The predicted octanol–water partition coefficient (Wildman–Crippen LogP) is 6.09. The summed E-state index contributed by atoms with van der Waals surface area (Å²) in [7, 11) is -2.08. The zero-order valence-corrected chi connectivity index (χ0v) is 20.6. The minimum Gasteiger partial charge on any atom is -0.289 e. The van der Waals surface area contributed by atoms with Crippen molar-refractivity contribution in [2.45, 2.75) is 13.1 Å². The van der Waals surface area contributed by atoms with E-state index in [1.807, 2.05) is 24.3 Å². The number of benzene rings is 5. The lowest BCUT2D eigenvalue weighted by Gasteiger charge is -2.23. The summed E-state index contributed by atoms with van der Waals surface area (Å²) in [6.45, 7) is 4.69. The van der Waals surface area contributed by atoms with Crippen LogP contribution in [0.25, 0.3) is 33.0 Å². The van der Waals surface area contributed by atoms with Gasteiger partial charge in [0.05, 0.1) is 0 Å². The molecule has 0 atom stereocenters. The number of hydrogen-bond donors (Lipinski definition) is 0. The number of rotatable bonds is 1. The molecule has 0 bridgehead atoms. The highest BCUT2D eigenvalue weighted by atomic mass is 28.3. The van der Waals surface area contributed by atoms with Gasteiger partial charge in [-0.25, -0.2) is 0 Å². The van der Waals surface area contributed by atoms with E-state index in [1.165, 1.54) is 37.8 Å². The first-order valence-corrected chi connectivity index (χ1v) is 14.9. The molecule has 0 spiro atoms. The maximum Gasteiger partial charge on any atom is 0.194 e. The van der Waals surface area contributed by atoms with Crippen molar-refractivity contribution >= 4 is 40.8 Å². The molecule has 1 aliphatic carbocycles. The Bertz CT molecular complexity index is 1750. The lowest BCUT2D eigenvalue weighted by atomic mass is 9.82. The van der Waals surface area contributed by atoms with Gasteiger partial charge in [-0.15, -0.1) is 0 Å². The van der Waals surface area contributed by atoms with Crippen LogP contribution in [0.5, 0.6) is 0 Å². The van der Waals surface area contributed by atoms with Gasteiger partial charge in [-0.05, 0) is 49.5 Å². The third-order valence-electron chi connectivity index (χ3n) is 7.82. The van der Waals surface area contributed by atoms with E-state index in [9.17, 15) is 9.59 Å². The van der Waals surface area contributed by atoms with E-state index in [0.717, 1.165) is 5.56 Å². The Hall–Kier alpha value is -4.08. The summed E-state index contributed by atoms with van der Waals surface area (Å²) in [6, 6.07) is 32.9. The zero-order valence-electron chi connectivity index (χ0n) is 19.6. The molecule has 2 aliphatic rings. The van der Waals surface area contributed by atoms with Gasteiger partial charge in [0.15, 0.2) is 11.6 Å². The lowest BCUT2D eigenvalue weighted by Crippen LogP contribution is -2.49. The van der Waals surface area contributed by atoms with Crippen LogP contribution in [0.1, 0.15) is 31.8 Å². The van der Waals surface area contributed by atoms with Gasteiger partial charge in [0.2, 0.25) is 0 Å². The van der Waals surface area contributed by atoms with Gasteiger partial charge >= 0.3 is 0 Å². The summed E-state index contributed by atoms with van der Waals surface area (Å²) in [4.78, 5) is 26.7. The Morgan fingerprint density at radius 3 is 1.86 bits per heavy atom. The molecular formula is C32H22O2Si. The van der Waals surface area contributed by atoms with Crippen molar-refractivity contribution in [3.63, 3.8) is 0 Å². The van der Waals surface area contributed by atoms with Gasteiger partial charge in [0.1, 0.15) is 8.07 Å². The highest BCUT2D eigenvalue weighted by Gasteiger charge is 2.40. The number of carbonyl (C=O) groups is 2. The number of fused-ring (bicyclic) bond motifs is 6. The molecule has 0 amide bonds. The normalized spacial score (nSPS) is 14.9. The topological polar surface area (TPSA) is 34.1 Å². The Labute approximate surface area is 204 Å². The second-order valence-electron chi connectivity index (χ2n) is 10.1. The third kappa shape index (κ3) is 2.70. The van der Waals surface area contributed by atoms with Crippen LogP contribution in [0.15, 0.2) is 97.1 Å². The van der Waals surface area contributed by atoms with Crippen LogP contribution >= 0.6 is 0 Å². The highest BCUT2D eigenvalue weighted by Crippen LogP contribution is 2.37. The molecule has 2 nitrogen and oxygen atoms in total. The van der Waals surface area contributed by atoms with E-state index in [1.54, 1.807) is 12.1 Å². The van der Waals surface area contributed by atoms with Crippen LogP contribution in [-0.2, 0) is 0 Å². The summed E-state index contributed by atoms with van der Waals surface area (Å²) in [5, 5.41) is 5.07. The van der Waals surface area contributed by atoms with Crippen LogP contribution in [0, 0.1) is 0 Å². The zero-order chi connectivity index (χ0) is 23.9. The molecule has 5 aromatic carbocycles. The quantitative estimate of drug-likeness (QED) is 0.275. The van der Waals surface area contributed by atoms with Gasteiger partial charge in [0, 0.05) is 22.3 Å². The Morgan fingerprint density at radius 2 is 1.09 bits per heavy atom. The molecule has 0 saturated heterocycles. The fraction of sp³-hybridized carbons (Fsp3) is 0.0625. The summed E-state index contributed by atoms with van der Waals surface area (Å²) in [5.74, 6) is -0.103. The van der Waals surface area contributed by atoms with E-state index in [0.29, 0.717) is 22.3 Å². The van der Waals surface area contributed by atoms with Gasteiger partial charge in [-0.1, -0.05) is 104 Å². The molecule has 1 aliphatic heterocycles. The fourth-order valence-electron chi connectivity index (χ4n) is 5.97. The molecule has 0 saturated carbocycles. The van der Waals surface area contributed by atoms with Crippen molar-refractivity contribution < 1.29 is 9.59 Å². The maximum absolute atomic E-state index is 13.4. The molecule has 0 radical (unpaired) electrons. The van der Waals surface area contributed by atoms with Gasteiger partial charge in [-0.3, -0.25) is 9.59 Å². The first-order valence-electron chi connectivity index (χ1n) is 11.9. The van der Waals surface area contributed by atoms with Crippen LogP contribution in [0.4, 0.5) is 0 Å². The molecule has 0 unspecified atom stereocenters. The maximum atomic E-state index is 13.4. The second-order valence-corrected chi connectivity index (χ2v) is 14.4. The van der Waals surface area contributed by atoms with Crippen molar-refractivity contribution in [1.82, 2.24) is 0 Å². The standard InChI is InChI=1S/C32H22O2Si/c1-35(2)29-16-20(22-13-7-9-19-8-3-4-10-21(19)22)14-15-23(29)26-17-27-28(18-30(26)35)32(34)25-12-6-5-11-24(25)31(27)33/h3-18H,1-2H3. The fourth-order valence-corrected chi connectivity index (χ4v) is 9.05. The SMILES string of the molecule is C[Si]1(C)c2cc(-c3cccc4ccccc34)ccc2-c2cc3c(cc21)C(=O)c1ccccc1C3=O. The largest absolute Gasteiger partial charge is 0.289 e. The Kier molecular flexibility index (Phi) is 4.04. The minimum absolute atomic E-state index is 0.0461. The molecular weight excluding hydrogens is 444 g/mol. The van der Waals surface area contributed by atoms with Crippen LogP contribution in [0.3, 0.4) is 0 Å². The van der Waals surface area contributed by atoms with Crippen LogP contribution in [0.2, 0.25) is 13.1 Å². The van der Waals surface area contributed by atoms with Crippen molar-refractivity contribution in [3.05, 3.63) is 119 Å². The molecule has 0 N–H and O–H groups in total. The number of carbonyl (C=O) groups excluding carboxylic acids is 2. The first kappa shape index (κ1) is 20.3. The third-order valence-corrected chi connectivity index (χ3v) is 11.3. The molecule has 3 heteroatoms. The Balaban J connectivity index is 1.43. The summed E-state index contributed by atoms with van der Waals surface area (Å²) in [6.07, 6.45) is 0. The van der Waals surface area contributed by atoms with Gasteiger partial charge in [-0.2, -0.15) is 0 Å². The molecule has 0 fully saturated rings. The molecule has 166 valence electrons. The second kappa shape index (κ2) is 6.97. The molecule has 35 heavy (non-hydrogen) atoms. The number of hydrogen-bond acceptors (Lipinski definition) is 2. The highest BCUT2D eigenvalue weighted by molar-refractivity contribution is 7.04. The predicted molar refractivity (Wildman–Crippen MR) is 145 cm³/mol. The molecule has 7 rings (SSSR count). The van der Waals surface area contributed by atoms with Crippen LogP contribution in [-0.4, -0.2) is 19.6 Å². The van der Waals surface area contributed by atoms with Crippen molar-refractivity contribution in [1.29, 1.82) is 0 Å². The number of ketones is 2. The minimum atomic E-state index is -2.08. The summed E-state index contributed by atoms with van der Waals surface area (Å²) >= 11 is 0. The lowest BCUT2D eigenvalue weighted by molar-refractivity contribution is 0.0979. The average molecular weight is 467 g/mol. The van der Waals surface area contributed by atoms with Crippen molar-refractivity contribution in [2.24, 2.45) is 0 Å². The van der Waals surface area contributed by atoms with E-state index >= 15 is 0 Å². The van der Waals surface area contributed by atoms with E-state index < -0.39 is 8.07 Å². The monoisotopic (exact) mass is 466 g/mol. The van der Waals surface area contributed by atoms with Crippen LogP contribution < -0.4 is 10.4 Å². The summed E-state index contributed by atoms with van der Waals surface area (Å²) < 4.78 is 0. The average Bonchev–Trinajstić information content (AvgIpc) is 3.11. The smallest absolute Gasteiger partial charge is 0.194 e. The van der Waals surface area contributed by atoms with E-state index in [4.69, 9.17) is 0 Å². The van der Waals surface area contributed by atoms with Crippen molar-refractivity contribution in [2.75, 3.05) is 0 Å². The Morgan fingerprint density at radius 1 is 0.486 bits per heavy atom.